The third-order valence-corrected chi connectivity index (χ3v) is 8.46. The van der Waals surface area contributed by atoms with Gasteiger partial charge >= 0.3 is 0 Å². The molecule has 3 heterocycles. The van der Waals surface area contributed by atoms with Crippen LogP contribution >= 0.6 is 22.9 Å². The quantitative estimate of drug-likeness (QED) is 0.334. The lowest BCUT2D eigenvalue weighted by molar-refractivity contribution is 0.143. The first-order valence-electron chi connectivity index (χ1n) is 10.4. The molecule has 6 nitrogen and oxygen atoms in total. The Morgan fingerprint density at radius 3 is 2.54 bits per heavy atom. The Hall–Kier alpha value is -2.84. The fraction of sp³-hybridized carbons (Fsp3) is 0.250. The number of aromatic nitrogens is 3. The van der Waals surface area contributed by atoms with Crippen molar-refractivity contribution in [3.63, 3.8) is 0 Å². The van der Waals surface area contributed by atoms with E-state index in [1.165, 1.54) is 18.3 Å². The average molecular weight is 535 g/mol. The van der Waals surface area contributed by atoms with E-state index in [0.717, 1.165) is 21.4 Å². The Morgan fingerprint density at radius 2 is 1.89 bits per heavy atom. The van der Waals surface area contributed by atoms with Crippen LogP contribution in [0.2, 0.25) is 5.02 Å². The molecule has 0 saturated carbocycles. The van der Waals surface area contributed by atoms with E-state index in [2.05, 4.69) is 26.6 Å². The molecule has 4 rings (SSSR count). The van der Waals surface area contributed by atoms with Gasteiger partial charge in [-0.15, -0.1) is 11.3 Å². The molecule has 4 aromatic rings. The minimum atomic E-state index is -3.68. The van der Waals surface area contributed by atoms with Gasteiger partial charge in [-0.05, 0) is 63.6 Å². The summed E-state index contributed by atoms with van der Waals surface area (Å²) in [4.78, 5) is 5.03. The van der Waals surface area contributed by atoms with E-state index in [9.17, 15) is 17.2 Å². The van der Waals surface area contributed by atoms with Crippen molar-refractivity contribution in [2.45, 2.75) is 43.9 Å². The van der Waals surface area contributed by atoms with Crippen molar-refractivity contribution < 1.29 is 17.2 Å². The van der Waals surface area contributed by atoms with Gasteiger partial charge in [-0.2, -0.15) is 5.10 Å². The molecule has 0 radical (unpaired) electrons. The van der Waals surface area contributed by atoms with E-state index < -0.39 is 22.0 Å². The zero-order chi connectivity index (χ0) is 25.5. The Kier molecular flexibility index (Phi) is 6.72. The van der Waals surface area contributed by atoms with Crippen LogP contribution in [0, 0.1) is 18.8 Å². The average Bonchev–Trinajstić information content (AvgIpc) is 3.39. The number of alkyl halides is 2. The minimum absolute atomic E-state index is 0.134. The number of hydrogen-bond acceptors (Lipinski definition) is 5. The van der Waals surface area contributed by atoms with E-state index in [1.54, 1.807) is 45.0 Å². The van der Waals surface area contributed by atoms with Crippen LogP contribution in [0.5, 0.6) is 0 Å². The summed E-state index contributed by atoms with van der Waals surface area (Å²) in [5, 5.41) is 4.62. The Morgan fingerprint density at radius 1 is 1.14 bits per heavy atom. The van der Waals surface area contributed by atoms with Crippen LogP contribution in [0.3, 0.4) is 0 Å². The minimum Gasteiger partial charge on any atom is -0.227 e. The lowest BCUT2D eigenvalue weighted by atomic mass is 10.1. The van der Waals surface area contributed by atoms with Gasteiger partial charge in [0.2, 0.25) is 0 Å². The Labute approximate surface area is 211 Å². The molecule has 0 spiro atoms. The predicted octanol–water partition coefficient (Wildman–Crippen LogP) is 5.83. The molecule has 182 valence electrons. The molecule has 0 fully saturated rings. The molecular weight excluding hydrogens is 514 g/mol. The number of benzene rings is 1. The third-order valence-electron chi connectivity index (χ3n) is 4.78. The molecule has 3 aromatic heterocycles. The van der Waals surface area contributed by atoms with Crippen molar-refractivity contribution in [3.05, 3.63) is 69.3 Å². The number of aryl methyl sites for hydroxylation is 1. The van der Waals surface area contributed by atoms with Crippen LogP contribution in [0.25, 0.3) is 16.9 Å². The van der Waals surface area contributed by atoms with Crippen molar-refractivity contribution in [3.8, 4) is 23.1 Å². The predicted molar refractivity (Wildman–Crippen MR) is 134 cm³/mol. The highest BCUT2D eigenvalue weighted by Gasteiger charge is 2.23. The summed E-state index contributed by atoms with van der Waals surface area (Å²) in [5.74, 6) is 5.79. The molecule has 11 heteroatoms. The second kappa shape index (κ2) is 9.32. The number of fused-ring (bicyclic) bond motifs is 1. The maximum absolute atomic E-state index is 13.8. The normalized spacial score (nSPS) is 12.2. The highest BCUT2D eigenvalue weighted by atomic mass is 35.5. The van der Waals surface area contributed by atoms with Crippen molar-refractivity contribution >= 4 is 38.6 Å². The fourth-order valence-corrected chi connectivity index (χ4v) is 5.99. The summed E-state index contributed by atoms with van der Waals surface area (Å²) in [6, 6.07) is 9.55. The van der Waals surface area contributed by atoms with Gasteiger partial charge in [0.05, 0.1) is 22.3 Å². The van der Waals surface area contributed by atoms with Crippen LogP contribution in [0.1, 0.15) is 48.9 Å². The second-order valence-electron chi connectivity index (χ2n) is 8.85. The maximum Gasteiger partial charge on any atom is 0.280 e. The molecule has 0 unspecified atom stereocenters. The van der Waals surface area contributed by atoms with E-state index >= 15 is 0 Å². The topological polar surface area (TPSA) is 76.4 Å². The summed E-state index contributed by atoms with van der Waals surface area (Å²) in [7, 11) is -3.68. The number of nitrogens with zero attached hydrogens (tertiary/aromatic N) is 3. The van der Waals surface area contributed by atoms with Crippen LogP contribution in [-0.2, 0) is 10.0 Å². The molecule has 1 N–H and O–H groups in total. The summed E-state index contributed by atoms with van der Waals surface area (Å²) in [5.41, 5.74) is 1.34. The van der Waals surface area contributed by atoms with Crippen LogP contribution in [-0.4, -0.2) is 28.6 Å². The molecule has 35 heavy (non-hydrogen) atoms. The molecule has 0 saturated heterocycles. The smallest absolute Gasteiger partial charge is 0.227 e. The molecule has 0 atom stereocenters. The van der Waals surface area contributed by atoms with Crippen molar-refractivity contribution in [1.29, 1.82) is 0 Å². The number of hydrogen-bond donors (Lipinski definition) is 1. The zero-order valence-electron chi connectivity index (χ0n) is 19.2. The van der Waals surface area contributed by atoms with E-state index in [-0.39, 0.29) is 15.6 Å². The highest BCUT2D eigenvalue weighted by molar-refractivity contribution is 7.91. The van der Waals surface area contributed by atoms with E-state index in [0.29, 0.717) is 26.7 Å². The Balaban J connectivity index is 1.75. The zero-order valence-corrected chi connectivity index (χ0v) is 21.6. The van der Waals surface area contributed by atoms with Crippen LogP contribution in [0.4, 0.5) is 8.78 Å². The molecular formula is C24H21ClF2N4O2S2. The first-order valence-corrected chi connectivity index (χ1v) is 13.1. The molecule has 0 aliphatic carbocycles. The molecule has 0 bridgehead atoms. The number of thiophene rings is 1. The monoisotopic (exact) mass is 534 g/mol. The summed E-state index contributed by atoms with van der Waals surface area (Å²) >= 11 is 7.11. The maximum atomic E-state index is 13.8. The number of sulfonamides is 1. The largest absolute Gasteiger partial charge is 0.280 e. The number of halogens is 3. The van der Waals surface area contributed by atoms with Gasteiger partial charge in [-0.25, -0.2) is 31.4 Å². The van der Waals surface area contributed by atoms with Crippen molar-refractivity contribution in [2.75, 3.05) is 0 Å². The SMILES string of the molecule is Cc1cc(-c2cc(C(F)F)n3ncc(C#Cc4ccc(S(=O)(=O)NC(C)(C)C)s4)c3n2)ccc1Cl. The molecule has 0 aliphatic heterocycles. The number of nitrogens with one attached hydrogen (secondary N) is 1. The summed E-state index contributed by atoms with van der Waals surface area (Å²) in [6.45, 7) is 7.08. The van der Waals surface area contributed by atoms with Crippen LogP contribution < -0.4 is 4.72 Å². The number of rotatable bonds is 4. The van der Waals surface area contributed by atoms with E-state index in [1.807, 2.05) is 6.92 Å². The first kappa shape index (κ1) is 25.3. The van der Waals surface area contributed by atoms with Gasteiger partial charge in [0, 0.05) is 16.1 Å². The van der Waals surface area contributed by atoms with Gasteiger partial charge in [0.25, 0.3) is 16.4 Å². The summed E-state index contributed by atoms with van der Waals surface area (Å²) in [6.07, 6.45) is -1.42. The van der Waals surface area contributed by atoms with Gasteiger partial charge in [0.15, 0.2) is 5.65 Å². The highest BCUT2D eigenvalue weighted by Crippen LogP contribution is 2.29. The molecule has 1 aromatic carbocycles. The first-order chi connectivity index (χ1) is 16.3. The van der Waals surface area contributed by atoms with Crippen molar-refractivity contribution in [2.24, 2.45) is 0 Å². The molecule has 0 aliphatic rings. The van der Waals surface area contributed by atoms with Gasteiger partial charge in [-0.3, -0.25) is 0 Å². The summed E-state index contributed by atoms with van der Waals surface area (Å²) < 4.78 is 56.5. The fourth-order valence-electron chi connectivity index (χ4n) is 3.30. The van der Waals surface area contributed by atoms with Gasteiger partial charge < -0.3 is 0 Å². The third kappa shape index (κ3) is 5.54. The second-order valence-corrected chi connectivity index (χ2v) is 12.2. The van der Waals surface area contributed by atoms with Crippen LogP contribution in [0.15, 0.2) is 46.8 Å². The molecule has 0 amide bonds. The van der Waals surface area contributed by atoms with E-state index in [4.69, 9.17) is 11.6 Å². The van der Waals surface area contributed by atoms with Gasteiger partial charge in [0.1, 0.15) is 9.90 Å². The Bertz CT molecular complexity index is 1590. The van der Waals surface area contributed by atoms with Gasteiger partial charge in [-0.1, -0.05) is 29.5 Å². The lowest BCUT2D eigenvalue weighted by Crippen LogP contribution is -2.40. The van der Waals surface area contributed by atoms with Crippen molar-refractivity contribution in [1.82, 2.24) is 19.3 Å². The standard InChI is InChI=1S/C24H21ClF2N4O2S2/c1-14-11-15(6-9-18(14)25)19-12-20(22(26)27)31-23(29-19)16(13-28-31)5-7-17-8-10-21(34-17)35(32,33)30-24(2,3)4/h6,8-13,22,30H,1-4H3. The lowest BCUT2D eigenvalue weighted by Gasteiger charge is -2.19.